The van der Waals surface area contributed by atoms with Crippen LogP contribution in [0.25, 0.3) is 0 Å². The average Bonchev–Trinajstić information content (AvgIpc) is 2.27. The molecule has 0 bridgehead atoms. The maximum atomic E-state index is 5.97. The Morgan fingerprint density at radius 1 is 1.38 bits per heavy atom. The van der Waals surface area contributed by atoms with Gasteiger partial charge < -0.3 is 15.2 Å². The van der Waals surface area contributed by atoms with E-state index in [1.165, 1.54) is 0 Å². The first-order valence-electron chi connectivity index (χ1n) is 5.47. The zero-order chi connectivity index (χ0) is 11.5. The fourth-order valence-electron chi connectivity index (χ4n) is 1.79. The van der Waals surface area contributed by atoms with Crippen LogP contribution in [0.2, 0.25) is 5.02 Å². The Hall–Kier alpha value is -0.930. The van der Waals surface area contributed by atoms with Gasteiger partial charge in [0, 0.05) is 18.9 Å². The lowest BCUT2D eigenvalue weighted by Gasteiger charge is -2.24. The second-order valence-electron chi connectivity index (χ2n) is 4.07. The van der Waals surface area contributed by atoms with E-state index in [-0.39, 0.29) is 6.10 Å². The minimum absolute atomic E-state index is 0.229. The van der Waals surface area contributed by atoms with Gasteiger partial charge in [0.25, 0.3) is 0 Å². The van der Waals surface area contributed by atoms with Crippen molar-refractivity contribution in [3.63, 3.8) is 0 Å². The molecule has 16 heavy (non-hydrogen) atoms. The Bertz CT molecular complexity index is 376. The van der Waals surface area contributed by atoms with Crippen molar-refractivity contribution in [3.05, 3.63) is 22.7 Å². The molecule has 0 spiro atoms. The summed E-state index contributed by atoms with van der Waals surface area (Å²) >= 11 is 5.97. The normalized spacial score (nSPS) is 17.4. The Morgan fingerprint density at radius 2 is 2.06 bits per heavy atom. The molecule has 2 rings (SSSR count). The summed E-state index contributed by atoms with van der Waals surface area (Å²) < 4.78 is 11.2. The summed E-state index contributed by atoms with van der Waals surface area (Å²) in [5.41, 5.74) is 7.33. The van der Waals surface area contributed by atoms with Crippen LogP contribution in [-0.2, 0) is 4.74 Å². The van der Waals surface area contributed by atoms with Crippen LogP contribution in [0, 0.1) is 6.92 Å². The first kappa shape index (κ1) is 11.6. The molecule has 1 fully saturated rings. The van der Waals surface area contributed by atoms with E-state index in [1.807, 2.05) is 13.0 Å². The highest BCUT2D eigenvalue weighted by Gasteiger charge is 2.16. The highest BCUT2D eigenvalue weighted by molar-refractivity contribution is 6.33. The number of aryl methyl sites for hydroxylation is 1. The molecular formula is C12H16ClNO2. The molecule has 88 valence electrons. The van der Waals surface area contributed by atoms with Gasteiger partial charge in [-0.2, -0.15) is 0 Å². The van der Waals surface area contributed by atoms with E-state index >= 15 is 0 Å². The molecule has 1 aromatic rings. The lowest BCUT2D eigenvalue weighted by molar-refractivity contribution is 0.0253. The van der Waals surface area contributed by atoms with Crippen molar-refractivity contribution in [3.8, 4) is 5.75 Å². The van der Waals surface area contributed by atoms with Crippen LogP contribution in [0.4, 0.5) is 5.69 Å². The summed E-state index contributed by atoms with van der Waals surface area (Å²) in [7, 11) is 0. The molecule has 0 aliphatic carbocycles. The third kappa shape index (κ3) is 2.60. The van der Waals surface area contributed by atoms with E-state index < -0.39 is 0 Å². The predicted molar refractivity (Wildman–Crippen MR) is 65.1 cm³/mol. The van der Waals surface area contributed by atoms with Crippen LogP contribution in [0.3, 0.4) is 0 Å². The van der Waals surface area contributed by atoms with Crippen molar-refractivity contribution in [1.82, 2.24) is 0 Å². The fourth-order valence-corrected chi connectivity index (χ4v) is 1.94. The number of nitrogen functional groups attached to an aromatic ring is 1. The maximum absolute atomic E-state index is 5.97. The molecule has 3 nitrogen and oxygen atoms in total. The van der Waals surface area contributed by atoms with Gasteiger partial charge in [0.05, 0.1) is 23.9 Å². The number of hydrogen-bond donors (Lipinski definition) is 1. The van der Waals surface area contributed by atoms with Gasteiger partial charge in [0.15, 0.2) is 0 Å². The SMILES string of the molecule is Cc1cc(N)c(Cl)cc1OC1CCOCC1. The van der Waals surface area contributed by atoms with Crippen molar-refractivity contribution in [2.45, 2.75) is 25.9 Å². The topological polar surface area (TPSA) is 44.5 Å². The highest BCUT2D eigenvalue weighted by atomic mass is 35.5. The predicted octanol–water partition coefficient (Wildman–Crippen LogP) is 2.79. The van der Waals surface area contributed by atoms with E-state index in [9.17, 15) is 0 Å². The minimum Gasteiger partial charge on any atom is -0.490 e. The van der Waals surface area contributed by atoms with Crippen molar-refractivity contribution >= 4 is 17.3 Å². The molecule has 0 amide bonds. The number of rotatable bonds is 2. The van der Waals surface area contributed by atoms with Crippen LogP contribution in [0.1, 0.15) is 18.4 Å². The molecule has 0 saturated carbocycles. The lowest BCUT2D eigenvalue weighted by atomic mass is 10.1. The van der Waals surface area contributed by atoms with Crippen LogP contribution >= 0.6 is 11.6 Å². The van der Waals surface area contributed by atoms with Gasteiger partial charge in [-0.05, 0) is 18.6 Å². The summed E-state index contributed by atoms with van der Waals surface area (Å²) in [6.07, 6.45) is 2.09. The van der Waals surface area contributed by atoms with Crippen LogP contribution in [0.5, 0.6) is 5.75 Å². The second-order valence-corrected chi connectivity index (χ2v) is 4.48. The summed E-state index contributed by atoms with van der Waals surface area (Å²) in [6, 6.07) is 3.64. The third-order valence-electron chi connectivity index (χ3n) is 2.76. The van der Waals surface area contributed by atoms with Crippen molar-refractivity contribution in [2.75, 3.05) is 18.9 Å². The van der Waals surface area contributed by atoms with Gasteiger partial charge in [0.1, 0.15) is 11.9 Å². The van der Waals surface area contributed by atoms with Crippen LogP contribution < -0.4 is 10.5 Å². The van der Waals surface area contributed by atoms with E-state index in [0.29, 0.717) is 10.7 Å². The van der Waals surface area contributed by atoms with E-state index in [2.05, 4.69) is 0 Å². The van der Waals surface area contributed by atoms with Gasteiger partial charge in [-0.1, -0.05) is 11.6 Å². The highest BCUT2D eigenvalue weighted by Crippen LogP contribution is 2.30. The number of anilines is 1. The quantitative estimate of drug-likeness (QED) is 0.810. The Balaban J connectivity index is 2.11. The van der Waals surface area contributed by atoms with E-state index in [4.69, 9.17) is 26.8 Å². The van der Waals surface area contributed by atoms with Gasteiger partial charge in [-0.3, -0.25) is 0 Å². The Labute approximate surface area is 100 Å². The first-order chi connectivity index (χ1) is 7.66. The van der Waals surface area contributed by atoms with Crippen molar-refractivity contribution < 1.29 is 9.47 Å². The standard InChI is InChI=1S/C12H16ClNO2/c1-8-6-11(14)10(13)7-12(8)16-9-2-4-15-5-3-9/h6-7,9H,2-5,14H2,1H3. The number of ether oxygens (including phenoxy) is 2. The summed E-state index contributed by atoms with van der Waals surface area (Å²) in [4.78, 5) is 0. The smallest absolute Gasteiger partial charge is 0.124 e. The maximum Gasteiger partial charge on any atom is 0.124 e. The number of benzene rings is 1. The van der Waals surface area contributed by atoms with E-state index in [0.717, 1.165) is 37.4 Å². The number of hydrogen-bond acceptors (Lipinski definition) is 3. The molecule has 0 aromatic heterocycles. The first-order valence-corrected chi connectivity index (χ1v) is 5.84. The zero-order valence-electron chi connectivity index (χ0n) is 9.33. The summed E-state index contributed by atoms with van der Waals surface area (Å²) in [6.45, 7) is 3.51. The Kier molecular flexibility index (Phi) is 3.56. The van der Waals surface area contributed by atoms with Crippen molar-refractivity contribution in [2.24, 2.45) is 0 Å². The summed E-state index contributed by atoms with van der Waals surface area (Å²) in [5, 5.41) is 0.549. The van der Waals surface area contributed by atoms with E-state index in [1.54, 1.807) is 6.07 Å². The molecule has 1 aliphatic rings. The van der Waals surface area contributed by atoms with Crippen LogP contribution in [-0.4, -0.2) is 19.3 Å². The largest absolute Gasteiger partial charge is 0.490 e. The Morgan fingerprint density at radius 3 is 2.75 bits per heavy atom. The van der Waals surface area contributed by atoms with Gasteiger partial charge >= 0.3 is 0 Å². The second kappa shape index (κ2) is 4.93. The molecule has 0 atom stereocenters. The molecule has 1 saturated heterocycles. The molecule has 0 radical (unpaired) electrons. The molecule has 0 unspecified atom stereocenters. The van der Waals surface area contributed by atoms with Crippen LogP contribution in [0.15, 0.2) is 12.1 Å². The lowest BCUT2D eigenvalue weighted by Crippen LogP contribution is -2.26. The molecule has 1 aliphatic heterocycles. The minimum atomic E-state index is 0.229. The molecule has 4 heteroatoms. The average molecular weight is 242 g/mol. The van der Waals surface area contributed by atoms with Gasteiger partial charge in [-0.15, -0.1) is 0 Å². The zero-order valence-corrected chi connectivity index (χ0v) is 10.1. The monoisotopic (exact) mass is 241 g/mol. The molecular weight excluding hydrogens is 226 g/mol. The van der Waals surface area contributed by atoms with Gasteiger partial charge in [-0.25, -0.2) is 0 Å². The fraction of sp³-hybridized carbons (Fsp3) is 0.500. The summed E-state index contributed by atoms with van der Waals surface area (Å²) in [5.74, 6) is 0.825. The number of halogens is 1. The third-order valence-corrected chi connectivity index (χ3v) is 3.08. The van der Waals surface area contributed by atoms with Crippen molar-refractivity contribution in [1.29, 1.82) is 0 Å². The molecule has 2 N–H and O–H groups in total. The molecule has 1 heterocycles. The molecule has 1 aromatic carbocycles. The van der Waals surface area contributed by atoms with Gasteiger partial charge in [0.2, 0.25) is 0 Å². The number of nitrogens with two attached hydrogens (primary N) is 1.